The van der Waals surface area contributed by atoms with Crippen molar-refractivity contribution in [3.8, 4) is 11.5 Å². The van der Waals surface area contributed by atoms with Crippen LogP contribution in [0.1, 0.15) is 10.4 Å². The van der Waals surface area contributed by atoms with Crippen LogP contribution in [0.2, 0.25) is 0 Å². The highest BCUT2D eigenvalue weighted by Crippen LogP contribution is 2.35. The summed E-state index contributed by atoms with van der Waals surface area (Å²) in [4.78, 5) is 22.9. The highest BCUT2D eigenvalue weighted by Gasteiger charge is 2.17. The third-order valence-electron chi connectivity index (χ3n) is 3.20. The number of ether oxygens (including phenoxy) is 2. The first kappa shape index (κ1) is 16.6. The van der Waals surface area contributed by atoms with Gasteiger partial charge in [0, 0.05) is 24.4 Å². The quantitative estimate of drug-likeness (QED) is 0.666. The van der Waals surface area contributed by atoms with Crippen LogP contribution in [0.5, 0.6) is 11.5 Å². The van der Waals surface area contributed by atoms with Crippen molar-refractivity contribution >= 4 is 22.6 Å². The van der Waals surface area contributed by atoms with Crippen molar-refractivity contribution in [2.75, 3.05) is 26.9 Å². The molecule has 0 bridgehead atoms. The molecule has 0 spiro atoms. The summed E-state index contributed by atoms with van der Waals surface area (Å²) in [7, 11) is 1.53. The van der Waals surface area contributed by atoms with E-state index in [2.05, 4.69) is 5.32 Å². The first-order valence-electron chi connectivity index (χ1n) is 6.91. The van der Waals surface area contributed by atoms with E-state index in [1.165, 1.54) is 13.2 Å². The van der Waals surface area contributed by atoms with E-state index in [1.54, 1.807) is 24.3 Å². The van der Waals surface area contributed by atoms with Gasteiger partial charge in [0.15, 0.2) is 6.61 Å². The van der Waals surface area contributed by atoms with Crippen LogP contribution in [-0.4, -0.2) is 49.0 Å². The summed E-state index contributed by atoms with van der Waals surface area (Å²) in [5.41, 5.74) is -0.279. The van der Waals surface area contributed by atoms with E-state index in [-0.39, 0.29) is 29.6 Å². The molecule has 0 saturated carbocycles. The molecule has 23 heavy (non-hydrogen) atoms. The molecular formula is C16H17NO6. The summed E-state index contributed by atoms with van der Waals surface area (Å²) >= 11 is 0. The highest BCUT2D eigenvalue weighted by molar-refractivity contribution is 6.03. The molecule has 0 unspecified atom stereocenters. The number of aromatic carboxylic acids is 1. The van der Waals surface area contributed by atoms with Crippen LogP contribution >= 0.6 is 0 Å². The minimum atomic E-state index is -1.28. The predicted molar refractivity (Wildman–Crippen MR) is 83.0 cm³/mol. The molecule has 2 aromatic rings. The number of methoxy groups -OCH3 is 1. The second kappa shape index (κ2) is 7.46. The Bertz CT molecular complexity index is 728. The number of aromatic hydroxyl groups is 1. The number of carbonyl (C=O) groups excluding carboxylic acids is 1. The predicted octanol–water partition coefficient (Wildman–Crippen LogP) is 1.38. The standard InChI is InChI=1S/C16H17NO6/c1-22-7-6-17-14(18)9-23-13-8-12(16(20)21)15(19)11-5-3-2-4-10(11)13/h2-5,8,19H,6-7,9H2,1H3,(H,17,18)(H,20,21). The van der Waals surface area contributed by atoms with Crippen LogP contribution in [0.25, 0.3) is 10.8 Å². The maximum absolute atomic E-state index is 11.7. The number of nitrogens with one attached hydrogen (secondary N) is 1. The molecule has 0 aliphatic carbocycles. The van der Waals surface area contributed by atoms with E-state index in [0.717, 1.165) is 0 Å². The molecule has 0 aromatic heterocycles. The third kappa shape index (κ3) is 3.89. The number of amides is 1. The SMILES string of the molecule is COCCNC(=O)COc1cc(C(=O)O)c(O)c2ccccc12. The summed E-state index contributed by atoms with van der Waals surface area (Å²) in [5, 5.41) is 22.7. The van der Waals surface area contributed by atoms with E-state index in [9.17, 15) is 14.7 Å². The van der Waals surface area contributed by atoms with Crippen LogP contribution in [0.4, 0.5) is 0 Å². The molecule has 3 N–H and O–H groups in total. The lowest BCUT2D eigenvalue weighted by molar-refractivity contribution is -0.123. The Kier molecular flexibility index (Phi) is 5.37. The largest absolute Gasteiger partial charge is 0.506 e. The maximum Gasteiger partial charge on any atom is 0.339 e. The fourth-order valence-electron chi connectivity index (χ4n) is 2.10. The van der Waals surface area contributed by atoms with Crippen molar-refractivity contribution in [1.29, 1.82) is 0 Å². The maximum atomic E-state index is 11.7. The Morgan fingerprint density at radius 2 is 1.91 bits per heavy atom. The van der Waals surface area contributed by atoms with Crippen molar-refractivity contribution in [3.05, 3.63) is 35.9 Å². The smallest absolute Gasteiger partial charge is 0.339 e. The van der Waals surface area contributed by atoms with E-state index in [4.69, 9.17) is 14.6 Å². The molecule has 0 radical (unpaired) electrons. The number of rotatable bonds is 7. The lowest BCUT2D eigenvalue weighted by atomic mass is 10.0. The van der Waals surface area contributed by atoms with Gasteiger partial charge in [0.1, 0.15) is 17.1 Å². The number of carboxylic acid groups (broad SMARTS) is 1. The Hall–Kier alpha value is -2.80. The van der Waals surface area contributed by atoms with Gasteiger partial charge in [0.25, 0.3) is 5.91 Å². The zero-order valence-electron chi connectivity index (χ0n) is 12.5. The number of hydrogen-bond donors (Lipinski definition) is 3. The number of phenols is 1. The first-order chi connectivity index (χ1) is 11.0. The number of hydrogen-bond acceptors (Lipinski definition) is 5. The molecule has 1 amide bonds. The van der Waals surface area contributed by atoms with Gasteiger partial charge in [-0.3, -0.25) is 4.79 Å². The van der Waals surface area contributed by atoms with Crippen LogP contribution in [-0.2, 0) is 9.53 Å². The van der Waals surface area contributed by atoms with Gasteiger partial charge < -0.3 is 25.0 Å². The molecule has 0 aliphatic rings. The van der Waals surface area contributed by atoms with Gasteiger partial charge in [-0.05, 0) is 6.07 Å². The molecule has 122 valence electrons. The van der Waals surface area contributed by atoms with Crippen molar-refractivity contribution in [2.45, 2.75) is 0 Å². The molecule has 2 aromatic carbocycles. The second-order valence-corrected chi connectivity index (χ2v) is 4.75. The Morgan fingerprint density at radius 1 is 1.22 bits per heavy atom. The second-order valence-electron chi connectivity index (χ2n) is 4.75. The summed E-state index contributed by atoms with van der Waals surface area (Å²) in [6.45, 7) is 0.476. The van der Waals surface area contributed by atoms with Crippen molar-refractivity contribution in [2.24, 2.45) is 0 Å². The van der Waals surface area contributed by atoms with E-state index in [1.807, 2.05) is 0 Å². The molecule has 0 heterocycles. The minimum Gasteiger partial charge on any atom is -0.506 e. The molecule has 0 saturated heterocycles. The minimum absolute atomic E-state index is 0.220. The lowest BCUT2D eigenvalue weighted by Gasteiger charge is -2.12. The van der Waals surface area contributed by atoms with E-state index < -0.39 is 5.97 Å². The molecular weight excluding hydrogens is 302 g/mol. The number of fused-ring (bicyclic) bond motifs is 1. The Balaban J connectivity index is 2.24. The van der Waals surface area contributed by atoms with Crippen LogP contribution in [0.15, 0.2) is 30.3 Å². The Labute approximate surface area is 132 Å². The van der Waals surface area contributed by atoms with Crippen molar-refractivity contribution < 1.29 is 29.3 Å². The summed E-state index contributed by atoms with van der Waals surface area (Å²) in [6, 6.07) is 7.88. The fourth-order valence-corrected chi connectivity index (χ4v) is 2.10. The summed E-state index contributed by atoms with van der Waals surface area (Å²) < 4.78 is 10.2. The first-order valence-corrected chi connectivity index (χ1v) is 6.91. The van der Waals surface area contributed by atoms with Gasteiger partial charge in [0.2, 0.25) is 0 Å². The molecule has 0 atom stereocenters. The normalized spacial score (nSPS) is 10.5. The van der Waals surface area contributed by atoms with Crippen molar-refractivity contribution in [1.82, 2.24) is 5.32 Å². The average Bonchev–Trinajstić information content (AvgIpc) is 2.54. The zero-order valence-corrected chi connectivity index (χ0v) is 12.5. The Morgan fingerprint density at radius 3 is 2.57 bits per heavy atom. The highest BCUT2D eigenvalue weighted by atomic mass is 16.5. The molecule has 0 fully saturated rings. The summed E-state index contributed by atoms with van der Waals surface area (Å²) in [5.74, 6) is -1.73. The monoisotopic (exact) mass is 319 g/mol. The fraction of sp³-hybridized carbons (Fsp3) is 0.250. The van der Waals surface area contributed by atoms with Crippen molar-refractivity contribution in [3.63, 3.8) is 0 Å². The van der Waals surface area contributed by atoms with Gasteiger partial charge in [-0.15, -0.1) is 0 Å². The number of benzene rings is 2. The topological polar surface area (TPSA) is 105 Å². The third-order valence-corrected chi connectivity index (χ3v) is 3.20. The van der Waals surface area contributed by atoms with Gasteiger partial charge in [-0.1, -0.05) is 24.3 Å². The van der Waals surface area contributed by atoms with Crippen LogP contribution < -0.4 is 10.1 Å². The van der Waals surface area contributed by atoms with E-state index >= 15 is 0 Å². The van der Waals surface area contributed by atoms with Crippen LogP contribution in [0, 0.1) is 0 Å². The molecule has 7 nitrogen and oxygen atoms in total. The number of carbonyl (C=O) groups is 2. The molecule has 0 aliphatic heterocycles. The van der Waals surface area contributed by atoms with Gasteiger partial charge in [0.05, 0.1) is 6.61 Å². The van der Waals surface area contributed by atoms with Crippen LogP contribution in [0.3, 0.4) is 0 Å². The number of carboxylic acids is 1. The lowest BCUT2D eigenvalue weighted by Crippen LogP contribution is -2.31. The van der Waals surface area contributed by atoms with Gasteiger partial charge in [-0.25, -0.2) is 4.79 Å². The average molecular weight is 319 g/mol. The molecule has 7 heteroatoms. The van der Waals surface area contributed by atoms with Gasteiger partial charge in [-0.2, -0.15) is 0 Å². The summed E-state index contributed by atoms with van der Waals surface area (Å²) in [6.07, 6.45) is 0. The zero-order chi connectivity index (χ0) is 16.8. The van der Waals surface area contributed by atoms with Gasteiger partial charge >= 0.3 is 5.97 Å². The van der Waals surface area contributed by atoms with E-state index in [0.29, 0.717) is 23.9 Å². The molecule has 2 rings (SSSR count).